The molecule has 0 atom stereocenters. The van der Waals surface area contributed by atoms with Crippen molar-refractivity contribution in [2.24, 2.45) is 0 Å². The molecule has 0 unspecified atom stereocenters. The summed E-state index contributed by atoms with van der Waals surface area (Å²) in [5.74, 6) is 0. The molecule has 140 valence electrons. The van der Waals surface area contributed by atoms with Gasteiger partial charge in [-0.25, -0.2) is 13.1 Å². The third-order valence-electron chi connectivity index (χ3n) is 4.77. The first-order valence-corrected chi connectivity index (χ1v) is 10.5. The Morgan fingerprint density at radius 1 is 1.11 bits per heavy atom. The van der Waals surface area contributed by atoms with Crippen LogP contribution in [0.25, 0.3) is 11.4 Å². The van der Waals surface area contributed by atoms with E-state index in [4.69, 9.17) is 5.10 Å². The highest BCUT2D eigenvalue weighted by Crippen LogP contribution is 2.33. The van der Waals surface area contributed by atoms with Gasteiger partial charge < -0.3 is 0 Å². The van der Waals surface area contributed by atoms with E-state index in [2.05, 4.69) is 14.7 Å². The molecule has 0 bridgehead atoms. The Bertz CT molecular complexity index is 997. The molecule has 1 aliphatic carbocycles. The standard InChI is InChI=1S/C19H21N5O2S/c25-27(26,17-8-5-10-20-14-17)22-13-15-12-19(18-9-3-4-11-21-18)24(23-15)16-6-1-2-7-16/h3-5,8-12,14,16,22H,1-2,6-7,13H2. The van der Waals surface area contributed by atoms with E-state index in [9.17, 15) is 8.42 Å². The molecular formula is C19H21N5O2S. The van der Waals surface area contributed by atoms with E-state index in [0.29, 0.717) is 11.7 Å². The Balaban J connectivity index is 1.60. The van der Waals surface area contributed by atoms with Crippen LogP contribution in [0.5, 0.6) is 0 Å². The molecule has 4 rings (SSSR count). The van der Waals surface area contributed by atoms with Gasteiger partial charge >= 0.3 is 0 Å². The predicted octanol–water partition coefficient (Wildman–Crippen LogP) is 2.93. The van der Waals surface area contributed by atoms with Crippen LogP contribution in [0.15, 0.2) is 59.9 Å². The van der Waals surface area contributed by atoms with Crippen LogP contribution in [0, 0.1) is 0 Å². The van der Waals surface area contributed by atoms with Crippen molar-refractivity contribution in [3.63, 3.8) is 0 Å². The van der Waals surface area contributed by atoms with Crippen molar-refractivity contribution in [1.82, 2.24) is 24.5 Å². The van der Waals surface area contributed by atoms with E-state index < -0.39 is 10.0 Å². The topological polar surface area (TPSA) is 89.8 Å². The van der Waals surface area contributed by atoms with Gasteiger partial charge in [0.2, 0.25) is 10.0 Å². The van der Waals surface area contributed by atoms with Crippen molar-refractivity contribution in [2.45, 2.75) is 43.2 Å². The quantitative estimate of drug-likeness (QED) is 0.707. The Morgan fingerprint density at radius 2 is 1.96 bits per heavy atom. The number of hydrogen-bond donors (Lipinski definition) is 1. The van der Waals surface area contributed by atoms with Crippen molar-refractivity contribution < 1.29 is 8.42 Å². The van der Waals surface area contributed by atoms with Gasteiger partial charge in [-0.3, -0.25) is 14.6 Å². The fourth-order valence-corrected chi connectivity index (χ4v) is 4.38. The number of rotatable bonds is 6. The van der Waals surface area contributed by atoms with Gasteiger partial charge in [0.05, 0.1) is 29.7 Å². The summed E-state index contributed by atoms with van der Waals surface area (Å²) in [6, 6.07) is 11.2. The largest absolute Gasteiger partial charge is 0.263 e. The Morgan fingerprint density at radius 3 is 2.67 bits per heavy atom. The fraction of sp³-hybridized carbons (Fsp3) is 0.316. The first kappa shape index (κ1) is 17.8. The molecule has 3 aromatic heterocycles. The highest BCUT2D eigenvalue weighted by Gasteiger charge is 2.23. The molecule has 3 heterocycles. The molecule has 1 aliphatic rings. The molecule has 7 nitrogen and oxygen atoms in total. The highest BCUT2D eigenvalue weighted by atomic mass is 32.2. The zero-order valence-corrected chi connectivity index (χ0v) is 15.6. The van der Waals surface area contributed by atoms with Crippen molar-refractivity contribution in [3.05, 3.63) is 60.7 Å². The summed E-state index contributed by atoms with van der Waals surface area (Å²) < 4.78 is 29.5. The van der Waals surface area contributed by atoms with Crippen LogP contribution < -0.4 is 4.72 Å². The van der Waals surface area contributed by atoms with Crippen molar-refractivity contribution in [1.29, 1.82) is 0 Å². The molecule has 0 spiro atoms. The maximum Gasteiger partial charge on any atom is 0.242 e. The molecule has 0 radical (unpaired) electrons. The number of aromatic nitrogens is 4. The van der Waals surface area contributed by atoms with E-state index in [1.54, 1.807) is 18.5 Å². The zero-order valence-electron chi connectivity index (χ0n) is 14.8. The van der Waals surface area contributed by atoms with Gasteiger partial charge in [0.25, 0.3) is 0 Å². The summed E-state index contributed by atoms with van der Waals surface area (Å²) in [4.78, 5) is 8.46. The molecular weight excluding hydrogens is 362 g/mol. The number of sulfonamides is 1. The van der Waals surface area contributed by atoms with E-state index in [1.165, 1.54) is 25.1 Å². The molecule has 8 heteroatoms. The lowest BCUT2D eigenvalue weighted by Gasteiger charge is -2.13. The fourth-order valence-electron chi connectivity index (χ4n) is 3.42. The van der Waals surface area contributed by atoms with Crippen LogP contribution in [0.4, 0.5) is 0 Å². The Labute approximate surface area is 158 Å². The van der Waals surface area contributed by atoms with Crippen LogP contribution in [0.1, 0.15) is 37.4 Å². The molecule has 27 heavy (non-hydrogen) atoms. The lowest BCUT2D eigenvalue weighted by atomic mass is 10.2. The van der Waals surface area contributed by atoms with E-state index >= 15 is 0 Å². The number of pyridine rings is 2. The molecule has 0 amide bonds. The number of hydrogen-bond acceptors (Lipinski definition) is 5. The SMILES string of the molecule is O=S(=O)(NCc1cc(-c2ccccn2)n(C2CCCC2)n1)c1cccnc1. The minimum atomic E-state index is -3.62. The van der Waals surface area contributed by atoms with Crippen LogP contribution in [0.2, 0.25) is 0 Å². The highest BCUT2D eigenvalue weighted by molar-refractivity contribution is 7.89. The summed E-state index contributed by atoms with van der Waals surface area (Å²) in [7, 11) is -3.62. The van der Waals surface area contributed by atoms with E-state index in [0.717, 1.165) is 24.2 Å². The third kappa shape index (κ3) is 3.91. The van der Waals surface area contributed by atoms with E-state index in [1.807, 2.05) is 28.9 Å². The molecule has 1 N–H and O–H groups in total. The molecule has 3 aromatic rings. The number of nitrogens with zero attached hydrogens (tertiary/aromatic N) is 4. The average molecular weight is 383 g/mol. The summed E-state index contributed by atoms with van der Waals surface area (Å²) in [6.45, 7) is 0.122. The summed E-state index contributed by atoms with van der Waals surface area (Å²) >= 11 is 0. The molecule has 0 aliphatic heterocycles. The van der Waals surface area contributed by atoms with Crippen LogP contribution in [-0.4, -0.2) is 28.2 Å². The summed E-state index contributed by atoms with van der Waals surface area (Å²) in [6.07, 6.45) is 9.18. The second-order valence-electron chi connectivity index (χ2n) is 6.63. The average Bonchev–Trinajstić information content (AvgIpc) is 3.37. The first-order chi connectivity index (χ1) is 13.1. The van der Waals surface area contributed by atoms with Crippen LogP contribution >= 0.6 is 0 Å². The number of nitrogens with one attached hydrogen (secondary N) is 1. The minimum absolute atomic E-state index is 0.122. The second-order valence-corrected chi connectivity index (χ2v) is 8.40. The van der Waals surface area contributed by atoms with Gasteiger partial charge in [-0.05, 0) is 43.2 Å². The van der Waals surface area contributed by atoms with Gasteiger partial charge in [0.15, 0.2) is 0 Å². The molecule has 1 fully saturated rings. The lowest BCUT2D eigenvalue weighted by Crippen LogP contribution is -2.23. The Hall–Kier alpha value is -2.58. The normalized spacial score (nSPS) is 15.3. The smallest absolute Gasteiger partial charge is 0.242 e. The van der Waals surface area contributed by atoms with Crippen molar-refractivity contribution in [3.8, 4) is 11.4 Å². The Kier molecular flexibility index (Phi) is 5.00. The molecule has 0 aromatic carbocycles. The summed E-state index contributed by atoms with van der Waals surface area (Å²) in [5, 5.41) is 4.70. The minimum Gasteiger partial charge on any atom is -0.263 e. The van der Waals surface area contributed by atoms with Gasteiger partial charge in [0.1, 0.15) is 4.90 Å². The van der Waals surface area contributed by atoms with E-state index in [-0.39, 0.29) is 11.4 Å². The second kappa shape index (κ2) is 7.58. The zero-order chi connectivity index (χ0) is 18.7. The first-order valence-electron chi connectivity index (χ1n) is 9.03. The van der Waals surface area contributed by atoms with Gasteiger partial charge in [0, 0.05) is 18.6 Å². The van der Waals surface area contributed by atoms with Crippen molar-refractivity contribution >= 4 is 10.0 Å². The van der Waals surface area contributed by atoms with Gasteiger partial charge in [-0.1, -0.05) is 18.9 Å². The molecule has 0 saturated heterocycles. The van der Waals surface area contributed by atoms with Gasteiger partial charge in [-0.2, -0.15) is 5.10 Å². The molecule has 1 saturated carbocycles. The monoisotopic (exact) mass is 383 g/mol. The van der Waals surface area contributed by atoms with Crippen molar-refractivity contribution in [2.75, 3.05) is 0 Å². The van der Waals surface area contributed by atoms with Gasteiger partial charge in [-0.15, -0.1) is 0 Å². The maximum atomic E-state index is 12.4. The van der Waals surface area contributed by atoms with Crippen LogP contribution in [0.3, 0.4) is 0 Å². The van der Waals surface area contributed by atoms with Crippen LogP contribution in [-0.2, 0) is 16.6 Å². The predicted molar refractivity (Wildman–Crippen MR) is 101 cm³/mol. The summed E-state index contributed by atoms with van der Waals surface area (Å²) in [5.41, 5.74) is 2.45. The lowest BCUT2D eigenvalue weighted by molar-refractivity contribution is 0.466. The third-order valence-corrected chi connectivity index (χ3v) is 6.16. The maximum absolute atomic E-state index is 12.4.